The topological polar surface area (TPSA) is 84.8 Å². The van der Waals surface area contributed by atoms with Gasteiger partial charge in [-0.1, -0.05) is 6.07 Å². The van der Waals surface area contributed by atoms with E-state index in [9.17, 15) is 0 Å². The second-order valence-corrected chi connectivity index (χ2v) is 4.96. The van der Waals surface area contributed by atoms with Crippen molar-refractivity contribution in [3.63, 3.8) is 0 Å². The summed E-state index contributed by atoms with van der Waals surface area (Å²) >= 11 is 0. The molecule has 1 fully saturated rings. The van der Waals surface area contributed by atoms with E-state index in [-0.39, 0.29) is 0 Å². The Labute approximate surface area is 117 Å². The molecule has 0 bridgehead atoms. The van der Waals surface area contributed by atoms with Gasteiger partial charge in [0.15, 0.2) is 0 Å². The predicted molar refractivity (Wildman–Crippen MR) is 74.4 cm³/mol. The van der Waals surface area contributed by atoms with Gasteiger partial charge in [-0.05, 0) is 37.5 Å². The van der Waals surface area contributed by atoms with Gasteiger partial charge in [-0.15, -0.1) is 0 Å². The molecule has 1 aliphatic rings. The second kappa shape index (κ2) is 4.82. The minimum absolute atomic E-state index is 0.408. The number of ether oxygens (including phenoxy) is 1. The number of anilines is 1. The van der Waals surface area contributed by atoms with Crippen molar-refractivity contribution >= 4 is 5.82 Å². The maximum atomic E-state index is 8.94. The van der Waals surface area contributed by atoms with Gasteiger partial charge in [0, 0.05) is 12.0 Å². The Morgan fingerprint density at radius 3 is 2.80 bits per heavy atom. The van der Waals surface area contributed by atoms with Crippen molar-refractivity contribution in [1.82, 2.24) is 9.97 Å². The van der Waals surface area contributed by atoms with Crippen LogP contribution in [0.15, 0.2) is 24.3 Å². The molecule has 5 nitrogen and oxygen atoms in total. The molecule has 0 unspecified atom stereocenters. The number of hydrogen-bond acceptors (Lipinski definition) is 5. The molecule has 20 heavy (non-hydrogen) atoms. The van der Waals surface area contributed by atoms with Crippen LogP contribution in [0.1, 0.15) is 35.7 Å². The molecule has 3 rings (SSSR count). The highest BCUT2D eigenvalue weighted by molar-refractivity contribution is 5.44. The molecule has 100 valence electrons. The summed E-state index contributed by atoms with van der Waals surface area (Å²) in [4.78, 5) is 8.62. The van der Waals surface area contributed by atoms with Gasteiger partial charge < -0.3 is 10.5 Å². The first-order valence-electron chi connectivity index (χ1n) is 6.49. The van der Waals surface area contributed by atoms with Crippen molar-refractivity contribution in [3.05, 3.63) is 41.2 Å². The van der Waals surface area contributed by atoms with Crippen LogP contribution in [0.4, 0.5) is 5.82 Å². The van der Waals surface area contributed by atoms with Crippen molar-refractivity contribution in [1.29, 1.82) is 5.26 Å². The molecule has 1 aromatic heterocycles. The number of nitrogen functional groups attached to an aromatic ring is 1. The van der Waals surface area contributed by atoms with Gasteiger partial charge >= 0.3 is 0 Å². The fraction of sp³-hybridized carbons (Fsp3) is 0.267. The van der Waals surface area contributed by atoms with E-state index in [1.807, 2.05) is 13.0 Å². The molecule has 2 N–H and O–H groups in total. The number of nitrogens with zero attached hydrogens (tertiary/aromatic N) is 3. The Balaban J connectivity index is 1.93. The quantitative estimate of drug-likeness (QED) is 0.923. The summed E-state index contributed by atoms with van der Waals surface area (Å²) in [6, 6.07) is 9.00. The molecule has 0 saturated heterocycles. The Bertz CT molecular complexity index is 702. The van der Waals surface area contributed by atoms with E-state index in [1.165, 1.54) is 0 Å². The lowest BCUT2D eigenvalue weighted by molar-refractivity contribution is 0.455. The van der Waals surface area contributed by atoms with E-state index in [1.54, 1.807) is 18.2 Å². The third-order valence-corrected chi connectivity index (χ3v) is 3.21. The molecular weight excluding hydrogens is 252 g/mol. The first kappa shape index (κ1) is 12.4. The summed E-state index contributed by atoms with van der Waals surface area (Å²) in [5.41, 5.74) is 7.28. The smallest absolute Gasteiger partial charge is 0.224 e. The average Bonchev–Trinajstić information content (AvgIpc) is 3.25. The van der Waals surface area contributed by atoms with Crippen molar-refractivity contribution in [2.75, 3.05) is 5.73 Å². The van der Waals surface area contributed by atoms with Gasteiger partial charge in [0.25, 0.3) is 0 Å². The van der Waals surface area contributed by atoms with Gasteiger partial charge in [-0.3, -0.25) is 0 Å². The molecule has 0 spiro atoms. The summed E-state index contributed by atoms with van der Waals surface area (Å²) in [6.45, 7) is 1.92. The van der Waals surface area contributed by atoms with Crippen LogP contribution >= 0.6 is 0 Å². The molecule has 0 aliphatic heterocycles. The van der Waals surface area contributed by atoms with Gasteiger partial charge in [-0.25, -0.2) is 4.98 Å². The Kier molecular flexibility index (Phi) is 2.99. The van der Waals surface area contributed by atoms with E-state index in [0.29, 0.717) is 28.9 Å². The largest absolute Gasteiger partial charge is 0.439 e. The van der Waals surface area contributed by atoms with E-state index in [4.69, 9.17) is 15.7 Å². The zero-order valence-corrected chi connectivity index (χ0v) is 11.1. The SMILES string of the molecule is Cc1ccc(C#N)cc1Oc1cc(N)nc(C2CC2)n1. The monoisotopic (exact) mass is 266 g/mol. The summed E-state index contributed by atoms with van der Waals surface area (Å²) in [7, 11) is 0. The maximum Gasteiger partial charge on any atom is 0.224 e. The lowest BCUT2D eigenvalue weighted by Gasteiger charge is -2.09. The number of nitriles is 1. The zero-order chi connectivity index (χ0) is 14.1. The summed E-state index contributed by atoms with van der Waals surface area (Å²) < 4.78 is 5.77. The van der Waals surface area contributed by atoms with Crippen LogP contribution in [0.25, 0.3) is 0 Å². The molecule has 1 saturated carbocycles. The van der Waals surface area contributed by atoms with Crippen LogP contribution in [0, 0.1) is 18.3 Å². The zero-order valence-electron chi connectivity index (χ0n) is 11.1. The third kappa shape index (κ3) is 2.54. The summed E-state index contributed by atoms with van der Waals surface area (Å²) in [5.74, 6) is 2.61. The van der Waals surface area contributed by atoms with Gasteiger partial charge in [0.05, 0.1) is 11.6 Å². The Morgan fingerprint density at radius 2 is 2.10 bits per heavy atom. The van der Waals surface area contributed by atoms with Crippen LogP contribution in [0.3, 0.4) is 0 Å². The fourth-order valence-corrected chi connectivity index (χ4v) is 1.93. The minimum atomic E-state index is 0.408. The third-order valence-electron chi connectivity index (χ3n) is 3.21. The average molecular weight is 266 g/mol. The highest BCUT2D eigenvalue weighted by Gasteiger charge is 2.27. The molecule has 0 amide bonds. The number of aryl methyl sites for hydroxylation is 1. The first-order valence-corrected chi connectivity index (χ1v) is 6.49. The fourth-order valence-electron chi connectivity index (χ4n) is 1.93. The molecule has 1 aromatic carbocycles. The Morgan fingerprint density at radius 1 is 1.30 bits per heavy atom. The van der Waals surface area contributed by atoms with Crippen LogP contribution in [0.5, 0.6) is 11.6 Å². The highest BCUT2D eigenvalue weighted by atomic mass is 16.5. The molecule has 2 aromatic rings. The van der Waals surface area contributed by atoms with Crippen LogP contribution in [0.2, 0.25) is 0 Å². The molecule has 5 heteroatoms. The van der Waals surface area contributed by atoms with Crippen LogP contribution in [-0.2, 0) is 0 Å². The molecule has 1 heterocycles. The normalized spacial score (nSPS) is 13.8. The number of hydrogen-bond donors (Lipinski definition) is 1. The van der Waals surface area contributed by atoms with E-state index < -0.39 is 0 Å². The molecule has 0 atom stereocenters. The van der Waals surface area contributed by atoms with Crippen molar-refractivity contribution < 1.29 is 4.74 Å². The first-order chi connectivity index (χ1) is 9.65. The maximum absolute atomic E-state index is 8.94. The van der Waals surface area contributed by atoms with Gasteiger partial charge in [0.1, 0.15) is 17.4 Å². The summed E-state index contributed by atoms with van der Waals surface area (Å²) in [6.07, 6.45) is 2.21. The standard InChI is InChI=1S/C15H14N4O/c1-9-2-3-10(8-16)6-12(9)20-14-7-13(17)18-15(19-14)11-4-5-11/h2-3,6-7,11H,4-5H2,1H3,(H2,17,18,19). The van der Waals surface area contributed by atoms with Gasteiger partial charge in [0.2, 0.25) is 5.88 Å². The number of rotatable bonds is 3. The second-order valence-electron chi connectivity index (χ2n) is 4.96. The van der Waals surface area contributed by atoms with Crippen LogP contribution in [-0.4, -0.2) is 9.97 Å². The lowest BCUT2D eigenvalue weighted by atomic mass is 10.1. The number of aromatic nitrogens is 2. The Hall–Kier alpha value is -2.61. The predicted octanol–water partition coefficient (Wildman–Crippen LogP) is 2.91. The van der Waals surface area contributed by atoms with E-state index in [2.05, 4.69) is 16.0 Å². The number of nitrogens with two attached hydrogens (primary N) is 1. The van der Waals surface area contributed by atoms with Crippen molar-refractivity contribution in [3.8, 4) is 17.7 Å². The highest BCUT2D eigenvalue weighted by Crippen LogP contribution is 2.39. The van der Waals surface area contributed by atoms with Crippen molar-refractivity contribution in [2.45, 2.75) is 25.7 Å². The van der Waals surface area contributed by atoms with Crippen LogP contribution < -0.4 is 10.5 Å². The molecule has 0 radical (unpaired) electrons. The lowest BCUT2D eigenvalue weighted by Crippen LogP contribution is -2.01. The number of benzene rings is 1. The minimum Gasteiger partial charge on any atom is -0.439 e. The van der Waals surface area contributed by atoms with E-state index in [0.717, 1.165) is 24.2 Å². The summed E-state index contributed by atoms with van der Waals surface area (Å²) in [5, 5.41) is 8.94. The van der Waals surface area contributed by atoms with Gasteiger partial charge in [-0.2, -0.15) is 10.2 Å². The molecule has 1 aliphatic carbocycles. The van der Waals surface area contributed by atoms with E-state index >= 15 is 0 Å². The van der Waals surface area contributed by atoms with Crippen molar-refractivity contribution in [2.24, 2.45) is 0 Å². The molecular formula is C15H14N4O.